The average Bonchev–Trinajstić information content (AvgIpc) is 2.84. The highest BCUT2D eigenvalue weighted by molar-refractivity contribution is 7.98. The minimum absolute atomic E-state index is 0.323. The maximum absolute atomic E-state index is 10.9. The van der Waals surface area contributed by atoms with Crippen LogP contribution in [0.3, 0.4) is 0 Å². The number of aromatic carboxylic acids is 1. The molecule has 4 nitrogen and oxygen atoms in total. The number of rotatable bonds is 5. The van der Waals surface area contributed by atoms with Crippen molar-refractivity contribution in [2.75, 3.05) is 0 Å². The number of hydrogen-bond donors (Lipinski definition) is 1. The van der Waals surface area contributed by atoms with Crippen LogP contribution in [-0.2, 0) is 12.3 Å². The molecule has 0 atom stereocenters. The lowest BCUT2D eigenvalue weighted by molar-refractivity contribution is 0.0696. The van der Waals surface area contributed by atoms with E-state index in [0.717, 1.165) is 22.9 Å². The summed E-state index contributed by atoms with van der Waals surface area (Å²) < 4.78 is 2.08. The quantitative estimate of drug-likeness (QED) is 0.842. The summed E-state index contributed by atoms with van der Waals surface area (Å²) >= 11 is 1.62. The molecule has 1 aromatic heterocycles. The molecular weight excluding hydrogens is 248 g/mol. The van der Waals surface area contributed by atoms with Gasteiger partial charge in [-0.1, -0.05) is 6.07 Å². The van der Waals surface area contributed by atoms with Gasteiger partial charge in [-0.2, -0.15) is 0 Å². The van der Waals surface area contributed by atoms with E-state index in [4.69, 9.17) is 5.11 Å². The number of aryl methyl sites for hydroxylation is 1. The summed E-state index contributed by atoms with van der Waals surface area (Å²) in [5.74, 6) is -0.104. The van der Waals surface area contributed by atoms with Crippen molar-refractivity contribution in [2.45, 2.75) is 24.1 Å². The third kappa shape index (κ3) is 2.92. The number of imidazole rings is 1. The maximum Gasteiger partial charge on any atom is 0.335 e. The van der Waals surface area contributed by atoms with Gasteiger partial charge < -0.3 is 9.67 Å². The molecule has 18 heavy (non-hydrogen) atoms. The van der Waals surface area contributed by atoms with Crippen LogP contribution < -0.4 is 0 Å². The molecule has 2 aromatic rings. The summed E-state index contributed by atoms with van der Waals surface area (Å²) in [6.07, 6.45) is 3.65. The molecule has 1 heterocycles. The van der Waals surface area contributed by atoms with Gasteiger partial charge in [0, 0.05) is 29.1 Å². The summed E-state index contributed by atoms with van der Waals surface area (Å²) in [5.41, 5.74) is 1.47. The van der Waals surface area contributed by atoms with E-state index in [-0.39, 0.29) is 0 Å². The van der Waals surface area contributed by atoms with E-state index in [9.17, 15) is 4.79 Å². The molecular formula is C13H14N2O2S. The number of carboxylic acids is 1. The molecule has 5 heteroatoms. The van der Waals surface area contributed by atoms with Crippen LogP contribution in [0, 0.1) is 0 Å². The first-order chi connectivity index (χ1) is 8.70. The van der Waals surface area contributed by atoms with E-state index in [1.165, 1.54) is 0 Å². The van der Waals surface area contributed by atoms with Gasteiger partial charge in [0.1, 0.15) is 0 Å². The Bertz CT molecular complexity index is 551. The van der Waals surface area contributed by atoms with Crippen molar-refractivity contribution in [1.29, 1.82) is 0 Å². The standard InChI is InChI=1S/C13H14N2O2S/c1-2-15-9-14-7-11(15)8-18-12-5-3-4-10(6-12)13(16)17/h3-7,9H,2,8H2,1H3,(H,16,17). The van der Waals surface area contributed by atoms with E-state index in [1.54, 1.807) is 30.0 Å². The van der Waals surface area contributed by atoms with Crippen molar-refractivity contribution in [3.05, 3.63) is 48.0 Å². The first-order valence-corrected chi connectivity index (χ1v) is 6.64. The Labute approximate surface area is 110 Å². The maximum atomic E-state index is 10.9. The number of nitrogens with zero attached hydrogens (tertiary/aromatic N) is 2. The predicted molar refractivity (Wildman–Crippen MR) is 70.9 cm³/mol. The van der Waals surface area contributed by atoms with Gasteiger partial charge in [-0.05, 0) is 25.1 Å². The van der Waals surface area contributed by atoms with Crippen molar-refractivity contribution >= 4 is 17.7 Å². The number of thioether (sulfide) groups is 1. The Morgan fingerprint density at radius 3 is 3.06 bits per heavy atom. The van der Waals surface area contributed by atoms with Crippen LogP contribution in [0.1, 0.15) is 23.0 Å². The van der Waals surface area contributed by atoms with Crippen molar-refractivity contribution in [1.82, 2.24) is 9.55 Å². The highest BCUT2D eigenvalue weighted by atomic mass is 32.2. The summed E-state index contributed by atoms with van der Waals surface area (Å²) in [4.78, 5) is 15.9. The average molecular weight is 262 g/mol. The van der Waals surface area contributed by atoms with E-state index in [0.29, 0.717) is 5.56 Å². The van der Waals surface area contributed by atoms with E-state index < -0.39 is 5.97 Å². The molecule has 0 aliphatic carbocycles. The molecule has 0 aliphatic rings. The third-order valence-corrected chi connectivity index (χ3v) is 3.63. The Kier molecular flexibility index (Phi) is 4.04. The molecule has 0 saturated carbocycles. The largest absolute Gasteiger partial charge is 0.478 e. The summed E-state index contributed by atoms with van der Waals surface area (Å²) in [7, 11) is 0. The molecule has 0 spiro atoms. The minimum atomic E-state index is -0.893. The van der Waals surface area contributed by atoms with Crippen molar-refractivity contribution in [3.63, 3.8) is 0 Å². The Hall–Kier alpha value is -1.75. The van der Waals surface area contributed by atoms with Crippen molar-refractivity contribution in [2.24, 2.45) is 0 Å². The van der Waals surface area contributed by atoms with E-state index in [2.05, 4.69) is 16.5 Å². The molecule has 0 amide bonds. The van der Waals surface area contributed by atoms with Gasteiger partial charge in [0.15, 0.2) is 0 Å². The Morgan fingerprint density at radius 1 is 1.50 bits per heavy atom. The van der Waals surface area contributed by atoms with Crippen LogP contribution in [0.2, 0.25) is 0 Å². The van der Waals surface area contributed by atoms with Gasteiger partial charge in [0.25, 0.3) is 0 Å². The van der Waals surface area contributed by atoms with Gasteiger partial charge >= 0.3 is 5.97 Å². The molecule has 0 aliphatic heterocycles. The highest BCUT2D eigenvalue weighted by Crippen LogP contribution is 2.23. The van der Waals surface area contributed by atoms with E-state index in [1.807, 2.05) is 18.6 Å². The molecule has 0 unspecified atom stereocenters. The number of hydrogen-bond acceptors (Lipinski definition) is 3. The predicted octanol–water partition coefficient (Wildman–Crippen LogP) is 2.89. The smallest absolute Gasteiger partial charge is 0.335 e. The summed E-state index contributed by atoms with van der Waals surface area (Å²) in [6, 6.07) is 6.98. The SMILES string of the molecule is CCn1cncc1CSc1cccc(C(=O)O)c1. The van der Waals surface area contributed by atoms with Gasteiger partial charge in [0.2, 0.25) is 0 Å². The Morgan fingerprint density at radius 2 is 2.33 bits per heavy atom. The van der Waals surface area contributed by atoms with Gasteiger partial charge in [-0.3, -0.25) is 0 Å². The number of carboxylic acid groups (broad SMARTS) is 1. The Balaban J connectivity index is 2.06. The fourth-order valence-corrected chi connectivity index (χ4v) is 2.57. The van der Waals surface area contributed by atoms with Crippen LogP contribution in [0.4, 0.5) is 0 Å². The first-order valence-electron chi connectivity index (χ1n) is 5.66. The topological polar surface area (TPSA) is 55.1 Å². The van der Waals surface area contributed by atoms with Crippen molar-refractivity contribution in [3.8, 4) is 0 Å². The third-order valence-electron chi connectivity index (χ3n) is 2.61. The van der Waals surface area contributed by atoms with Crippen LogP contribution in [-0.4, -0.2) is 20.6 Å². The van der Waals surface area contributed by atoms with Gasteiger partial charge in [-0.15, -0.1) is 11.8 Å². The first kappa shape index (κ1) is 12.7. The van der Waals surface area contributed by atoms with Gasteiger partial charge in [-0.25, -0.2) is 9.78 Å². The lowest BCUT2D eigenvalue weighted by Crippen LogP contribution is -1.98. The number of benzene rings is 1. The lowest BCUT2D eigenvalue weighted by atomic mass is 10.2. The van der Waals surface area contributed by atoms with Crippen LogP contribution >= 0.6 is 11.8 Å². The summed E-state index contributed by atoms with van der Waals surface area (Å²) in [5, 5.41) is 8.92. The highest BCUT2D eigenvalue weighted by Gasteiger charge is 2.05. The van der Waals surface area contributed by atoms with Crippen LogP contribution in [0.15, 0.2) is 41.7 Å². The normalized spacial score (nSPS) is 10.5. The molecule has 0 saturated heterocycles. The number of carbonyl (C=O) groups is 1. The molecule has 1 aromatic carbocycles. The van der Waals surface area contributed by atoms with Crippen LogP contribution in [0.25, 0.3) is 0 Å². The van der Waals surface area contributed by atoms with Gasteiger partial charge in [0.05, 0.1) is 11.9 Å². The van der Waals surface area contributed by atoms with E-state index >= 15 is 0 Å². The summed E-state index contributed by atoms with van der Waals surface area (Å²) in [6.45, 7) is 2.96. The molecule has 94 valence electrons. The zero-order chi connectivity index (χ0) is 13.0. The molecule has 0 radical (unpaired) electrons. The number of aromatic nitrogens is 2. The second kappa shape index (κ2) is 5.73. The zero-order valence-corrected chi connectivity index (χ0v) is 10.9. The minimum Gasteiger partial charge on any atom is -0.478 e. The fourth-order valence-electron chi connectivity index (χ4n) is 1.63. The van der Waals surface area contributed by atoms with Crippen molar-refractivity contribution < 1.29 is 9.90 Å². The molecule has 1 N–H and O–H groups in total. The zero-order valence-electron chi connectivity index (χ0n) is 10.0. The second-order valence-corrected chi connectivity index (χ2v) is 4.84. The molecule has 0 fully saturated rings. The molecule has 0 bridgehead atoms. The lowest BCUT2D eigenvalue weighted by Gasteiger charge is -2.05. The second-order valence-electron chi connectivity index (χ2n) is 3.79. The fraction of sp³-hybridized carbons (Fsp3) is 0.231. The molecule has 2 rings (SSSR count). The monoisotopic (exact) mass is 262 g/mol. The van der Waals surface area contributed by atoms with Crippen LogP contribution in [0.5, 0.6) is 0 Å².